The molecule has 0 saturated heterocycles. The standard InChI is InChI=1S/C16H16O4/c1-18-13-10-9-12(15(19-2)16(13)20-3)14(17)11-7-5-4-6-8-11/h4-10H,1-3H3. The summed E-state index contributed by atoms with van der Waals surface area (Å²) in [6.45, 7) is 0. The SMILES string of the molecule is COc1ccc(C(=O)c2ccccc2)c(OC)c1OC. The van der Waals surface area contributed by atoms with E-state index in [4.69, 9.17) is 14.2 Å². The largest absolute Gasteiger partial charge is 0.493 e. The highest BCUT2D eigenvalue weighted by Crippen LogP contribution is 2.40. The van der Waals surface area contributed by atoms with Crippen molar-refractivity contribution < 1.29 is 19.0 Å². The van der Waals surface area contributed by atoms with Gasteiger partial charge in [-0.25, -0.2) is 0 Å². The van der Waals surface area contributed by atoms with Gasteiger partial charge in [-0.1, -0.05) is 30.3 Å². The van der Waals surface area contributed by atoms with Gasteiger partial charge in [-0.3, -0.25) is 4.79 Å². The zero-order chi connectivity index (χ0) is 14.5. The zero-order valence-electron chi connectivity index (χ0n) is 11.7. The number of methoxy groups -OCH3 is 3. The van der Waals surface area contributed by atoms with E-state index in [1.807, 2.05) is 18.2 Å². The van der Waals surface area contributed by atoms with Crippen molar-refractivity contribution in [3.8, 4) is 17.2 Å². The molecular formula is C16H16O4. The molecule has 0 saturated carbocycles. The first-order valence-electron chi connectivity index (χ1n) is 6.11. The molecule has 0 spiro atoms. The quantitative estimate of drug-likeness (QED) is 0.785. The number of carbonyl (C=O) groups excluding carboxylic acids is 1. The van der Waals surface area contributed by atoms with Crippen LogP contribution in [0, 0.1) is 0 Å². The minimum Gasteiger partial charge on any atom is -0.493 e. The predicted molar refractivity (Wildman–Crippen MR) is 76.0 cm³/mol. The number of rotatable bonds is 5. The summed E-state index contributed by atoms with van der Waals surface area (Å²) in [7, 11) is 4.55. The molecule has 4 heteroatoms. The van der Waals surface area contributed by atoms with Crippen LogP contribution in [0.5, 0.6) is 17.2 Å². The third-order valence-corrected chi connectivity index (χ3v) is 2.98. The summed E-state index contributed by atoms with van der Waals surface area (Å²) in [4.78, 5) is 12.5. The lowest BCUT2D eigenvalue weighted by atomic mass is 10.0. The van der Waals surface area contributed by atoms with Gasteiger partial charge in [0.1, 0.15) is 0 Å². The first-order valence-corrected chi connectivity index (χ1v) is 6.11. The van der Waals surface area contributed by atoms with Gasteiger partial charge < -0.3 is 14.2 Å². The van der Waals surface area contributed by atoms with Crippen LogP contribution in [0.15, 0.2) is 42.5 Å². The molecule has 0 fully saturated rings. The number of benzene rings is 2. The van der Waals surface area contributed by atoms with Crippen LogP contribution in [0.4, 0.5) is 0 Å². The summed E-state index contributed by atoms with van der Waals surface area (Å²) < 4.78 is 15.8. The Labute approximate surface area is 117 Å². The van der Waals surface area contributed by atoms with Crippen LogP contribution < -0.4 is 14.2 Å². The number of hydrogen-bond acceptors (Lipinski definition) is 4. The van der Waals surface area contributed by atoms with E-state index in [-0.39, 0.29) is 5.78 Å². The Morgan fingerprint density at radius 1 is 0.800 bits per heavy atom. The van der Waals surface area contributed by atoms with E-state index >= 15 is 0 Å². The molecule has 0 amide bonds. The average molecular weight is 272 g/mol. The third-order valence-electron chi connectivity index (χ3n) is 2.98. The van der Waals surface area contributed by atoms with E-state index < -0.39 is 0 Å². The van der Waals surface area contributed by atoms with Crippen LogP contribution in [0.1, 0.15) is 15.9 Å². The molecule has 0 aliphatic rings. The molecule has 0 aliphatic heterocycles. The van der Waals surface area contributed by atoms with Crippen LogP contribution in [-0.2, 0) is 0 Å². The second-order valence-electron chi connectivity index (χ2n) is 4.08. The van der Waals surface area contributed by atoms with Gasteiger partial charge in [0.15, 0.2) is 17.3 Å². The molecule has 2 aromatic carbocycles. The zero-order valence-corrected chi connectivity index (χ0v) is 11.7. The molecule has 104 valence electrons. The van der Waals surface area contributed by atoms with Crippen molar-refractivity contribution in [2.45, 2.75) is 0 Å². The van der Waals surface area contributed by atoms with E-state index in [0.29, 0.717) is 28.4 Å². The smallest absolute Gasteiger partial charge is 0.204 e. The Hall–Kier alpha value is -2.49. The maximum atomic E-state index is 12.5. The Morgan fingerprint density at radius 2 is 1.45 bits per heavy atom. The normalized spacial score (nSPS) is 9.95. The Morgan fingerprint density at radius 3 is 2.00 bits per heavy atom. The second kappa shape index (κ2) is 6.10. The van der Waals surface area contributed by atoms with Crippen molar-refractivity contribution in [2.75, 3.05) is 21.3 Å². The molecule has 0 aliphatic carbocycles. The summed E-state index contributed by atoms with van der Waals surface area (Å²) >= 11 is 0. The molecule has 4 nitrogen and oxygen atoms in total. The molecule has 0 unspecified atom stereocenters. The minimum absolute atomic E-state index is 0.122. The maximum Gasteiger partial charge on any atom is 0.204 e. The van der Waals surface area contributed by atoms with Crippen LogP contribution in [-0.4, -0.2) is 27.1 Å². The van der Waals surface area contributed by atoms with Gasteiger partial charge in [0, 0.05) is 5.56 Å². The van der Waals surface area contributed by atoms with Gasteiger partial charge >= 0.3 is 0 Å². The van der Waals surface area contributed by atoms with Crippen molar-refractivity contribution in [2.24, 2.45) is 0 Å². The Kier molecular flexibility index (Phi) is 4.25. The highest BCUT2D eigenvalue weighted by atomic mass is 16.5. The van der Waals surface area contributed by atoms with Crippen molar-refractivity contribution in [3.05, 3.63) is 53.6 Å². The topological polar surface area (TPSA) is 44.8 Å². The highest BCUT2D eigenvalue weighted by molar-refractivity contribution is 6.11. The number of carbonyl (C=O) groups is 1. The van der Waals surface area contributed by atoms with Gasteiger partial charge in [-0.2, -0.15) is 0 Å². The average Bonchev–Trinajstić information content (AvgIpc) is 2.53. The molecule has 0 aromatic heterocycles. The summed E-state index contributed by atoms with van der Waals surface area (Å²) in [5.41, 5.74) is 1.04. The molecule has 0 radical (unpaired) electrons. The maximum absolute atomic E-state index is 12.5. The molecule has 0 bridgehead atoms. The second-order valence-corrected chi connectivity index (χ2v) is 4.08. The van der Waals surface area contributed by atoms with Crippen LogP contribution in [0.2, 0.25) is 0 Å². The van der Waals surface area contributed by atoms with Gasteiger partial charge in [0.2, 0.25) is 5.75 Å². The van der Waals surface area contributed by atoms with Gasteiger partial charge in [0.05, 0.1) is 26.9 Å². The van der Waals surface area contributed by atoms with Crippen molar-refractivity contribution in [1.82, 2.24) is 0 Å². The van der Waals surface area contributed by atoms with E-state index in [2.05, 4.69) is 0 Å². The van der Waals surface area contributed by atoms with Crippen molar-refractivity contribution in [3.63, 3.8) is 0 Å². The highest BCUT2D eigenvalue weighted by Gasteiger charge is 2.21. The molecule has 0 atom stereocenters. The number of hydrogen-bond donors (Lipinski definition) is 0. The van der Waals surface area contributed by atoms with E-state index in [9.17, 15) is 4.79 Å². The van der Waals surface area contributed by atoms with Crippen LogP contribution in [0.25, 0.3) is 0 Å². The molecule has 2 aromatic rings. The summed E-state index contributed by atoms with van der Waals surface area (Å²) in [6, 6.07) is 12.4. The fourth-order valence-corrected chi connectivity index (χ4v) is 2.03. The van der Waals surface area contributed by atoms with Gasteiger partial charge in [0.25, 0.3) is 0 Å². The van der Waals surface area contributed by atoms with Crippen LogP contribution in [0.3, 0.4) is 0 Å². The van der Waals surface area contributed by atoms with Gasteiger partial charge in [-0.05, 0) is 12.1 Å². The van der Waals surface area contributed by atoms with E-state index in [0.717, 1.165) is 0 Å². The Bertz CT molecular complexity index is 605. The lowest BCUT2D eigenvalue weighted by Gasteiger charge is -2.15. The monoisotopic (exact) mass is 272 g/mol. The third kappa shape index (κ3) is 2.45. The lowest BCUT2D eigenvalue weighted by molar-refractivity contribution is 0.103. The minimum atomic E-state index is -0.122. The summed E-state index contributed by atoms with van der Waals surface area (Å²) in [5.74, 6) is 1.19. The molecular weight excluding hydrogens is 256 g/mol. The van der Waals surface area contributed by atoms with Crippen molar-refractivity contribution in [1.29, 1.82) is 0 Å². The fraction of sp³-hybridized carbons (Fsp3) is 0.188. The molecule has 20 heavy (non-hydrogen) atoms. The fourth-order valence-electron chi connectivity index (χ4n) is 2.03. The number of ketones is 1. The Balaban J connectivity index is 2.55. The van der Waals surface area contributed by atoms with Crippen LogP contribution >= 0.6 is 0 Å². The molecule has 0 N–H and O–H groups in total. The predicted octanol–water partition coefficient (Wildman–Crippen LogP) is 2.94. The number of ether oxygens (including phenoxy) is 3. The van der Waals surface area contributed by atoms with E-state index in [1.165, 1.54) is 21.3 Å². The van der Waals surface area contributed by atoms with E-state index in [1.54, 1.807) is 24.3 Å². The lowest BCUT2D eigenvalue weighted by Crippen LogP contribution is -2.06. The molecule has 0 heterocycles. The summed E-state index contributed by atoms with van der Waals surface area (Å²) in [6.07, 6.45) is 0. The first-order chi connectivity index (χ1) is 9.72. The van der Waals surface area contributed by atoms with Crippen molar-refractivity contribution >= 4 is 5.78 Å². The first kappa shape index (κ1) is 13.9. The summed E-state index contributed by atoms with van der Waals surface area (Å²) in [5, 5.41) is 0. The molecule has 2 rings (SSSR count). The van der Waals surface area contributed by atoms with Gasteiger partial charge in [-0.15, -0.1) is 0 Å².